The van der Waals surface area contributed by atoms with Crippen molar-refractivity contribution in [3.05, 3.63) is 0 Å². The summed E-state index contributed by atoms with van der Waals surface area (Å²) in [5.74, 6) is -2.13. The lowest BCUT2D eigenvalue weighted by Gasteiger charge is -2.21. The van der Waals surface area contributed by atoms with E-state index in [1.54, 1.807) is 0 Å². The number of ether oxygens (including phenoxy) is 4. The fraction of sp³-hybridized carbons (Fsp3) is 0.941. The highest BCUT2D eigenvalue weighted by Crippen LogP contribution is 2.45. The largest absolute Gasteiger partial charge is 0.472 e. The third kappa shape index (κ3) is 62.6. The highest BCUT2D eigenvalue weighted by molar-refractivity contribution is 7.47. The Morgan fingerprint density at radius 3 is 0.678 bits per heavy atom. The maximum absolute atomic E-state index is 13.0. The summed E-state index contributed by atoms with van der Waals surface area (Å²) in [5.41, 5.74) is 0. The lowest BCUT2D eigenvalue weighted by molar-refractivity contribution is -0.161. The van der Waals surface area contributed by atoms with Gasteiger partial charge in [-0.2, -0.15) is 0 Å². The van der Waals surface area contributed by atoms with Crippen molar-refractivity contribution in [2.24, 2.45) is 0 Å². The van der Waals surface area contributed by atoms with E-state index in [0.29, 0.717) is 25.7 Å². The molecule has 19 heteroatoms. The number of aliphatic hydroxyl groups is 1. The second-order valence-corrected chi connectivity index (χ2v) is 27.5. The van der Waals surface area contributed by atoms with Gasteiger partial charge in [-0.3, -0.25) is 37.3 Å². The second kappa shape index (κ2) is 62.8. The van der Waals surface area contributed by atoms with E-state index in [9.17, 15) is 43.2 Å². The van der Waals surface area contributed by atoms with Gasteiger partial charge >= 0.3 is 39.5 Å². The van der Waals surface area contributed by atoms with Crippen molar-refractivity contribution in [2.45, 2.75) is 373 Å². The molecule has 3 N–H and O–H groups in total. The van der Waals surface area contributed by atoms with Gasteiger partial charge in [-0.25, -0.2) is 9.13 Å². The number of esters is 4. The molecule has 0 aliphatic heterocycles. The van der Waals surface area contributed by atoms with Crippen molar-refractivity contribution < 1.29 is 80.2 Å². The first-order chi connectivity index (χ1) is 42.2. The van der Waals surface area contributed by atoms with Crippen molar-refractivity contribution in [3.63, 3.8) is 0 Å². The van der Waals surface area contributed by atoms with Crippen LogP contribution in [0, 0.1) is 0 Å². The predicted octanol–water partition coefficient (Wildman–Crippen LogP) is 19.5. The predicted molar refractivity (Wildman–Crippen MR) is 349 cm³/mol. The number of hydrogen-bond acceptors (Lipinski definition) is 15. The molecular formula is C68H132O17P2. The van der Waals surface area contributed by atoms with Gasteiger partial charge in [-0.1, -0.05) is 304 Å². The van der Waals surface area contributed by atoms with Crippen LogP contribution >= 0.6 is 15.6 Å². The average molecular weight is 1280 g/mol. The number of rotatable bonds is 69. The Morgan fingerprint density at radius 2 is 0.460 bits per heavy atom. The zero-order chi connectivity index (χ0) is 64.0. The quantitative estimate of drug-likeness (QED) is 0.0222. The third-order valence-electron chi connectivity index (χ3n) is 15.9. The van der Waals surface area contributed by atoms with Crippen LogP contribution in [0.1, 0.15) is 355 Å². The van der Waals surface area contributed by atoms with Gasteiger partial charge in [0.05, 0.1) is 26.4 Å². The maximum atomic E-state index is 13.0. The molecule has 87 heavy (non-hydrogen) atoms. The lowest BCUT2D eigenvalue weighted by atomic mass is 10.0. The summed E-state index contributed by atoms with van der Waals surface area (Å²) in [6, 6.07) is 0. The molecule has 5 atom stereocenters. The molecule has 0 saturated carbocycles. The summed E-state index contributed by atoms with van der Waals surface area (Å²) >= 11 is 0. The van der Waals surface area contributed by atoms with Crippen LogP contribution in [0.15, 0.2) is 0 Å². The molecule has 0 aliphatic rings. The molecule has 2 unspecified atom stereocenters. The van der Waals surface area contributed by atoms with Crippen LogP contribution in [0.2, 0.25) is 0 Å². The van der Waals surface area contributed by atoms with Gasteiger partial charge in [0.15, 0.2) is 12.2 Å². The monoisotopic (exact) mass is 1280 g/mol. The highest BCUT2D eigenvalue weighted by atomic mass is 31.2. The minimum absolute atomic E-state index is 0.107. The number of phosphoric acid groups is 2. The number of unbranched alkanes of at least 4 members (excludes halogenated alkanes) is 43. The molecular weight excluding hydrogens is 1150 g/mol. The minimum Gasteiger partial charge on any atom is -0.462 e. The molecule has 0 bridgehead atoms. The molecule has 0 aliphatic carbocycles. The first-order valence-corrected chi connectivity index (χ1v) is 38.8. The number of carbonyl (C=O) groups excluding carboxylic acids is 4. The van der Waals surface area contributed by atoms with Gasteiger partial charge in [-0.05, 0) is 25.7 Å². The lowest BCUT2D eigenvalue weighted by Crippen LogP contribution is -2.30. The molecule has 0 aromatic heterocycles. The van der Waals surface area contributed by atoms with Crippen LogP contribution in [0.4, 0.5) is 0 Å². The summed E-state index contributed by atoms with van der Waals surface area (Å²) in [7, 11) is -9.89. The topological polar surface area (TPSA) is 237 Å². The van der Waals surface area contributed by atoms with Gasteiger partial charge in [-0.15, -0.1) is 0 Å². The van der Waals surface area contributed by atoms with E-state index < -0.39 is 97.5 Å². The van der Waals surface area contributed by atoms with E-state index >= 15 is 0 Å². The Morgan fingerprint density at radius 1 is 0.276 bits per heavy atom. The molecule has 0 aromatic carbocycles. The van der Waals surface area contributed by atoms with Crippen molar-refractivity contribution in [1.29, 1.82) is 0 Å². The fourth-order valence-electron chi connectivity index (χ4n) is 10.3. The van der Waals surface area contributed by atoms with E-state index in [4.69, 9.17) is 37.0 Å². The molecule has 0 aromatic rings. The third-order valence-corrected chi connectivity index (χ3v) is 17.8. The van der Waals surface area contributed by atoms with Crippen LogP contribution in [0.25, 0.3) is 0 Å². The van der Waals surface area contributed by atoms with E-state index in [0.717, 1.165) is 103 Å². The van der Waals surface area contributed by atoms with Crippen molar-refractivity contribution in [1.82, 2.24) is 0 Å². The Labute approximate surface area is 530 Å². The molecule has 0 amide bonds. The summed E-state index contributed by atoms with van der Waals surface area (Å²) in [4.78, 5) is 72.3. The van der Waals surface area contributed by atoms with Gasteiger partial charge in [0.2, 0.25) is 0 Å². The zero-order valence-electron chi connectivity index (χ0n) is 56.0. The van der Waals surface area contributed by atoms with E-state index in [2.05, 4.69) is 27.7 Å². The van der Waals surface area contributed by atoms with Crippen LogP contribution in [0.5, 0.6) is 0 Å². The highest BCUT2D eigenvalue weighted by Gasteiger charge is 2.30. The normalized spacial score (nSPS) is 14.1. The number of aliphatic hydroxyl groups excluding tert-OH is 1. The average Bonchev–Trinajstić information content (AvgIpc) is 3.59. The SMILES string of the molecule is CCCCCCCCCCCCCCCCCCC(=O)O[C@H](COC(=O)CCCCCCCCCCCCCCC)COP(=O)(O)OC[C@@H](O)COP(=O)(O)OC[C@@H](COC(=O)CCCCCCCCC)OC(=O)CCCCCCCCCCCCC. The zero-order valence-corrected chi connectivity index (χ0v) is 57.8. The first kappa shape index (κ1) is 85.1. The summed E-state index contributed by atoms with van der Waals surface area (Å²) in [6.45, 7) is 4.89. The Hall–Kier alpha value is -1.94. The molecule has 0 fully saturated rings. The minimum atomic E-state index is -4.95. The molecule has 0 rings (SSSR count). The second-order valence-electron chi connectivity index (χ2n) is 24.6. The van der Waals surface area contributed by atoms with Crippen LogP contribution in [-0.4, -0.2) is 96.7 Å². The summed E-state index contributed by atoms with van der Waals surface area (Å²) in [6.07, 6.45) is 49.9. The molecule has 0 heterocycles. The summed E-state index contributed by atoms with van der Waals surface area (Å²) < 4.78 is 68.1. The van der Waals surface area contributed by atoms with Crippen molar-refractivity contribution in [3.8, 4) is 0 Å². The maximum Gasteiger partial charge on any atom is 0.472 e. The van der Waals surface area contributed by atoms with E-state index in [1.165, 1.54) is 173 Å². The standard InChI is InChI=1S/C68H132O17P2/c1-5-9-13-17-21-24-27-29-30-31-33-36-39-43-47-51-55-68(73)85-64(59-79-66(71)53-49-45-41-37-35-32-28-25-22-18-14-10-6-2)61-83-87(76,77)81-57-62(69)56-80-86(74,75)82-60-63(58-78-65(70)52-48-44-40-20-16-12-8-4)84-67(72)54-50-46-42-38-34-26-23-19-15-11-7-3/h62-64,69H,5-61H2,1-4H3,(H,74,75)(H,76,77)/t62-,63+,64+/m0/s1. The molecule has 0 saturated heterocycles. The number of carbonyl (C=O) groups is 4. The number of phosphoric ester groups is 2. The van der Waals surface area contributed by atoms with E-state index in [1.807, 2.05) is 0 Å². The van der Waals surface area contributed by atoms with Crippen LogP contribution < -0.4 is 0 Å². The number of hydrogen-bond donors (Lipinski definition) is 3. The summed E-state index contributed by atoms with van der Waals surface area (Å²) in [5, 5.41) is 10.6. The van der Waals surface area contributed by atoms with Gasteiger partial charge in [0.1, 0.15) is 19.3 Å². The van der Waals surface area contributed by atoms with E-state index in [-0.39, 0.29) is 25.7 Å². The molecule has 0 spiro atoms. The molecule has 17 nitrogen and oxygen atoms in total. The first-order valence-electron chi connectivity index (χ1n) is 35.8. The Balaban J connectivity index is 5.20. The fourth-order valence-corrected chi connectivity index (χ4v) is 11.9. The Kier molecular flexibility index (Phi) is 61.4. The van der Waals surface area contributed by atoms with Gasteiger partial charge in [0.25, 0.3) is 0 Å². The van der Waals surface area contributed by atoms with Gasteiger partial charge in [0, 0.05) is 25.7 Å². The van der Waals surface area contributed by atoms with Crippen molar-refractivity contribution >= 4 is 39.5 Å². The van der Waals surface area contributed by atoms with Crippen LogP contribution in [-0.2, 0) is 65.4 Å². The smallest absolute Gasteiger partial charge is 0.462 e. The molecule has 0 radical (unpaired) electrons. The van der Waals surface area contributed by atoms with Gasteiger partial charge < -0.3 is 33.8 Å². The van der Waals surface area contributed by atoms with Crippen LogP contribution in [0.3, 0.4) is 0 Å². The molecule has 516 valence electrons. The Bertz CT molecular complexity index is 1670. The van der Waals surface area contributed by atoms with Crippen molar-refractivity contribution in [2.75, 3.05) is 39.6 Å².